The van der Waals surface area contributed by atoms with E-state index in [2.05, 4.69) is 9.89 Å². The number of ether oxygens (including phenoxy) is 1. The number of halogens is 1. The zero-order valence-corrected chi connectivity index (χ0v) is 12.9. The average Bonchev–Trinajstić information content (AvgIpc) is 2.53. The summed E-state index contributed by atoms with van der Waals surface area (Å²) in [5.74, 6) is 3.37. The number of nitrogens with zero attached hydrogens (tertiary/aromatic N) is 2. The molecule has 1 fully saturated rings. The van der Waals surface area contributed by atoms with Crippen molar-refractivity contribution in [3.8, 4) is 5.75 Å². The fourth-order valence-electron chi connectivity index (χ4n) is 2.02. The second-order valence-corrected chi connectivity index (χ2v) is 6.07. The topological polar surface area (TPSA) is 50.9 Å². The van der Waals surface area contributed by atoms with Crippen molar-refractivity contribution < 1.29 is 9.13 Å². The molecule has 2 N–H and O–H groups in total. The van der Waals surface area contributed by atoms with Crippen LogP contribution in [0.4, 0.5) is 4.39 Å². The highest BCUT2D eigenvalue weighted by molar-refractivity contribution is 7.99. The standard InChI is InChI=1S/C15H22FN3OS/c16-13-3-5-14(6-4-13)20-10-2-1-7-18-15(17)19-8-11-21-12-9-19/h3-6H,1-2,7-12H2,(H2,17,18). The molecular formula is C15H22FN3OS. The minimum Gasteiger partial charge on any atom is -0.494 e. The van der Waals surface area contributed by atoms with Crippen molar-refractivity contribution in [1.82, 2.24) is 4.90 Å². The van der Waals surface area contributed by atoms with E-state index >= 15 is 0 Å². The van der Waals surface area contributed by atoms with Crippen LogP contribution in [0.3, 0.4) is 0 Å². The second kappa shape index (κ2) is 8.77. The summed E-state index contributed by atoms with van der Waals surface area (Å²) >= 11 is 1.96. The zero-order chi connectivity index (χ0) is 14.9. The van der Waals surface area contributed by atoms with Gasteiger partial charge in [0.15, 0.2) is 5.96 Å². The summed E-state index contributed by atoms with van der Waals surface area (Å²) in [4.78, 5) is 6.55. The van der Waals surface area contributed by atoms with Gasteiger partial charge in [-0.15, -0.1) is 0 Å². The molecule has 1 heterocycles. The molecule has 0 saturated carbocycles. The molecule has 1 aliphatic rings. The first-order chi connectivity index (χ1) is 10.3. The first kappa shape index (κ1) is 15.9. The average molecular weight is 311 g/mol. The van der Waals surface area contributed by atoms with Crippen LogP contribution in [0.1, 0.15) is 12.8 Å². The molecule has 0 spiro atoms. The quantitative estimate of drug-likeness (QED) is 0.498. The van der Waals surface area contributed by atoms with E-state index in [1.807, 2.05) is 11.8 Å². The molecule has 21 heavy (non-hydrogen) atoms. The van der Waals surface area contributed by atoms with Gasteiger partial charge in [0, 0.05) is 31.1 Å². The highest BCUT2D eigenvalue weighted by Crippen LogP contribution is 2.11. The van der Waals surface area contributed by atoms with Crippen LogP contribution in [0.25, 0.3) is 0 Å². The number of guanidine groups is 1. The van der Waals surface area contributed by atoms with E-state index in [4.69, 9.17) is 10.5 Å². The van der Waals surface area contributed by atoms with Gasteiger partial charge in [0.1, 0.15) is 11.6 Å². The van der Waals surface area contributed by atoms with Gasteiger partial charge in [0.25, 0.3) is 0 Å². The SMILES string of the molecule is NC(=NCCCCOc1ccc(F)cc1)N1CCSCC1. The lowest BCUT2D eigenvalue weighted by Gasteiger charge is -2.27. The lowest BCUT2D eigenvalue weighted by molar-refractivity contribution is 0.307. The van der Waals surface area contributed by atoms with E-state index in [-0.39, 0.29) is 5.82 Å². The maximum absolute atomic E-state index is 12.7. The Bertz CT molecular complexity index is 447. The summed E-state index contributed by atoms with van der Waals surface area (Å²) in [6.07, 6.45) is 1.84. The summed E-state index contributed by atoms with van der Waals surface area (Å²) in [5.41, 5.74) is 5.97. The summed E-state index contributed by atoms with van der Waals surface area (Å²) in [5, 5.41) is 0. The third-order valence-corrected chi connectivity index (χ3v) is 4.19. The number of nitrogens with two attached hydrogens (primary N) is 1. The molecule has 1 aromatic rings. The van der Waals surface area contributed by atoms with Gasteiger partial charge >= 0.3 is 0 Å². The lowest BCUT2D eigenvalue weighted by atomic mass is 10.3. The Kier molecular flexibility index (Phi) is 6.66. The number of benzene rings is 1. The molecule has 0 atom stereocenters. The van der Waals surface area contributed by atoms with E-state index in [1.54, 1.807) is 12.1 Å². The maximum atomic E-state index is 12.7. The Morgan fingerprint density at radius 1 is 1.24 bits per heavy atom. The van der Waals surface area contributed by atoms with Gasteiger partial charge in [-0.2, -0.15) is 11.8 Å². The Hall–Kier alpha value is -1.43. The Morgan fingerprint density at radius 2 is 1.95 bits per heavy atom. The third-order valence-electron chi connectivity index (χ3n) is 3.24. The van der Waals surface area contributed by atoms with E-state index < -0.39 is 0 Å². The molecule has 116 valence electrons. The van der Waals surface area contributed by atoms with Gasteiger partial charge in [-0.05, 0) is 37.1 Å². The van der Waals surface area contributed by atoms with Crippen LogP contribution in [0.15, 0.2) is 29.3 Å². The first-order valence-corrected chi connectivity index (χ1v) is 8.42. The highest BCUT2D eigenvalue weighted by atomic mass is 32.2. The number of aliphatic imine (C=N–C) groups is 1. The number of hydrogen-bond acceptors (Lipinski definition) is 3. The van der Waals surface area contributed by atoms with E-state index in [0.717, 1.165) is 44.0 Å². The molecule has 0 amide bonds. The third kappa shape index (κ3) is 5.83. The smallest absolute Gasteiger partial charge is 0.191 e. The second-order valence-electron chi connectivity index (χ2n) is 4.85. The first-order valence-electron chi connectivity index (χ1n) is 7.27. The molecular weight excluding hydrogens is 289 g/mol. The molecule has 0 aromatic heterocycles. The van der Waals surface area contributed by atoms with Crippen LogP contribution in [-0.2, 0) is 0 Å². The summed E-state index contributed by atoms with van der Waals surface area (Å²) < 4.78 is 18.2. The molecule has 0 bridgehead atoms. The largest absolute Gasteiger partial charge is 0.494 e. The van der Waals surface area contributed by atoms with Gasteiger partial charge in [-0.1, -0.05) is 0 Å². The van der Waals surface area contributed by atoms with Crippen molar-refractivity contribution in [3.05, 3.63) is 30.1 Å². The van der Waals surface area contributed by atoms with E-state index in [0.29, 0.717) is 18.3 Å². The van der Waals surface area contributed by atoms with Crippen molar-refractivity contribution >= 4 is 17.7 Å². The summed E-state index contributed by atoms with van der Waals surface area (Å²) in [6.45, 7) is 3.32. The normalized spacial score (nSPS) is 16.0. The number of rotatable bonds is 6. The van der Waals surface area contributed by atoms with Crippen molar-refractivity contribution in [2.45, 2.75) is 12.8 Å². The van der Waals surface area contributed by atoms with Gasteiger partial charge in [0.05, 0.1) is 6.61 Å². The van der Waals surface area contributed by atoms with Crippen molar-refractivity contribution in [2.24, 2.45) is 10.7 Å². The van der Waals surface area contributed by atoms with Crippen LogP contribution in [-0.4, -0.2) is 48.6 Å². The van der Waals surface area contributed by atoms with Gasteiger partial charge in [-0.3, -0.25) is 4.99 Å². The Balaban J connectivity index is 1.57. The molecule has 1 aromatic carbocycles. The Morgan fingerprint density at radius 3 is 2.67 bits per heavy atom. The molecule has 0 radical (unpaired) electrons. The number of thioether (sulfide) groups is 1. The number of unbranched alkanes of at least 4 members (excludes halogenated alkanes) is 1. The van der Waals surface area contributed by atoms with Crippen LogP contribution in [0, 0.1) is 5.82 Å². The molecule has 4 nitrogen and oxygen atoms in total. The van der Waals surface area contributed by atoms with E-state index in [1.165, 1.54) is 12.1 Å². The van der Waals surface area contributed by atoms with Gasteiger partial charge < -0.3 is 15.4 Å². The van der Waals surface area contributed by atoms with Crippen LogP contribution in [0.2, 0.25) is 0 Å². The molecule has 0 aliphatic carbocycles. The minimum absolute atomic E-state index is 0.247. The predicted octanol–water partition coefficient (Wildman–Crippen LogP) is 2.35. The minimum atomic E-state index is -0.247. The fraction of sp³-hybridized carbons (Fsp3) is 0.533. The monoisotopic (exact) mass is 311 g/mol. The molecule has 1 saturated heterocycles. The summed E-state index contributed by atoms with van der Waals surface area (Å²) in [6, 6.07) is 6.08. The maximum Gasteiger partial charge on any atom is 0.191 e. The fourth-order valence-corrected chi connectivity index (χ4v) is 2.92. The molecule has 0 unspecified atom stereocenters. The van der Waals surface area contributed by atoms with Gasteiger partial charge in [-0.25, -0.2) is 4.39 Å². The number of hydrogen-bond donors (Lipinski definition) is 1. The van der Waals surface area contributed by atoms with Crippen molar-refractivity contribution in [3.63, 3.8) is 0 Å². The van der Waals surface area contributed by atoms with Crippen LogP contribution >= 0.6 is 11.8 Å². The van der Waals surface area contributed by atoms with Crippen molar-refractivity contribution in [2.75, 3.05) is 37.7 Å². The van der Waals surface area contributed by atoms with Crippen LogP contribution < -0.4 is 10.5 Å². The molecule has 1 aliphatic heterocycles. The van der Waals surface area contributed by atoms with E-state index in [9.17, 15) is 4.39 Å². The highest BCUT2D eigenvalue weighted by Gasteiger charge is 2.11. The zero-order valence-electron chi connectivity index (χ0n) is 12.1. The van der Waals surface area contributed by atoms with Crippen LogP contribution in [0.5, 0.6) is 5.75 Å². The Labute approximate surface area is 129 Å². The van der Waals surface area contributed by atoms with Crippen molar-refractivity contribution in [1.29, 1.82) is 0 Å². The van der Waals surface area contributed by atoms with Gasteiger partial charge in [0.2, 0.25) is 0 Å². The lowest BCUT2D eigenvalue weighted by Crippen LogP contribution is -2.42. The molecule has 6 heteroatoms. The molecule has 2 rings (SSSR count). The predicted molar refractivity (Wildman–Crippen MR) is 86.5 cm³/mol. The summed E-state index contributed by atoms with van der Waals surface area (Å²) in [7, 11) is 0.